The average molecular weight is 433 g/mol. The minimum Gasteiger partial charge on any atom is -0.326 e. The van der Waals surface area contributed by atoms with Gasteiger partial charge in [0.2, 0.25) is 5.91 Å². The van der Waals surface area contributed by atoms with Gasteiger partial charge < -0.3 is 5.32 Å². The number of hydrogen-bond donors (Lipinski definition) is 1. The lowest BCUT2D eigenvalue weighted by Crippen LogP contribution is -2.15. The highest BCUT2D eigenvalue weighted by Crippen LogP contribution is 2.29. The van der Waals surface area contributed by atoms with E-state index in [0.717, 1.165) is 50.7 Å². The second kappa shape index (κ2) is 8.52. The minimum absolute atomic E-state index is 0.0501. The van der Waals surface area contributed by atoms with Gasteiger partial charge in [-0.25, -0.2) is 9.50 Å². The average Bonchev–Trinajstić information content (AvgIpc) is 3.07. The Hall–Kier alpha value is -3.18. The van der Waals surface area contributed by atoms with Crippen molar-refractivity contribution in [3.05, 3.63) is 81.8 Å². The highest BCUT2D eigenvalue weighted by molar-refractivity contribution is 6.31. The zero-order valence-electron chi connectivity index (χ0n) is 18.2. The van der Waals surface area contributed by atoms with Crippen LogP contribution in [0.25, 0.3) is 16.8 Å². The third-order valence-electron chi connectivity index (χ3n) is 5.64. The van der Waals surface area contributed by atoms with Crippen molar-refractivity contribution in [2.24, 2.45) is 0 Å². The molecular weight excluding hydrogens is 408 g/mol. The van der Waals surface area contributed by atoms with Crippen molar-refractivity contribution >= 4 is 28.8 Å². The molecule has 0 aliphatic carbocycles. The predicted molar refractivity (Wildman–Crippen MR) is 126 cm³/mol. The number of aryl methyl sites for hydroxylation is 4. The SMILES string of the molecule is Cc1ccc(Cl)cc1NC(=O)CCc1c(C)nc2c(-c3ccccc3)c(C)nn2c1C. The molecule has 2 heterocycles. The fourth-order valence-corrected chi connectivity index (χ4v) is 4.12. The van der Waals surface area contributed by atoms with E-state index in [1.54, 1.807) is 6.07 Å². The number of hydrogen-bond acceptors (Lipinski definition) is 3. The monoisotopic (exact) mass is 432 g/mol. The first-order valence-electron chi connectivity index (χ1n) is 10.3. The van der Waals surface area contributed by atoms with Crippen LogP contribution in [0.2, 0.25) is 5.02 Å². The summed E-state index contributed by atoms with van der Waals surface area (Å²) in [7, 11) is 0. The van der Waals surface area contributed by atoms with Gasteiger partial charge in [-0.3, -0.25) is 4.79 Å². The van der Waals surface area contributed by atoms with Gasteiger partial charge in [-0.05, 0) is 62.9 Å². The number of carbonyl (C=O) groups is 1. The number of aromatic nitrogens is 3. The molecule has 6 heteroatoms. The summed E-state index contributed by atoms with van der Waals surface area (Å²) in [5, 5.41) is 8.31. The Bertz CT molecular complexity index is 1280. The highest BCUT2D eigenvalue weighted by Gasteiger charge is 2.18. The molecule has 0 fully saturated rings. The zero-order valence-corrected chi connectivity index (χ0v) is 18.9. The quantitative estimate of drug-likeness (QED) is 0.430. The molecule has 1 amide bonds. The number of rotatable bonds is 5. The maximum atomic E-state index is 12.6. The molecule has 4 aromatic rings. The number of halogens is 1. The Balaban J connectivity index is 1.60. The Morgan fingerprint density at radius 3 is 2.52 bits per heavy atom. The largest absolute Gasteiger partial charge is 0.326 e. The van der Waals surface area contributed by atoms with Gasteiger partial charge in [-0.1, -0.05) is 48.0 Å². The van der Waals surface area contributed by atoms with Crippen molar-refractivity contribution in [1.29, 1.82) is 0 Å². The molecule has 1 N–H and O–H groups in total. The summed E-state index contributed by atoms with van der Waals surface area (Å²) < 4.78 is 1.90. The highest BCUT2D eigenvalue weighted by atomic mass is 35.5. The molecule has 31 heavy (non-hydrogen) atoms. The van der Waals surface area contributed by atoms with Crippen LogP contribution in [0, 0.1) is 27.7 Å². The number of carbonyl (C=O) groups excluding carboxylic acids is 1. The second-order valence-electron chi connectivity index (χ2n) is 7.83. The second-order valence-corrected chi connectivity index (χ2v) is 8.27. The van der Waals surface area contributed by atoms with E-state index in [9.17, 15) is 4.79 Å². The lowest BCUT2D eigenvalue weighted by molar-refractivity contribution is -0.116. The van der Waals surface area contributed by atoms with Gasteiger partial charge in [0, 0.05) is 34.1 Å². The summed E-state index contributed by atoms with van der Waals surface area (Å²) in [6, 6.07) is 15.7. The van der Waals surface area contributed by atoms with Crippen LogP contribution in [0.4, 0.5) is 5.69 Å². The van der Waals surface area contributed by atoms with Crippen molar-refractivity contribution in [3.63, 3.8) is 0 Å². The lowest BCUT2D eigenvalue weighted by atomic mass is 10.0. The molecule has 0 radical (unpaired) electrons. The summed E-state index contributed by atoms with van der Waals surface area (Å²) in [5.41, 5.74) is 8.65. The van der Waals surface area contributed by atoms with Gasteiger partial charge >= 0.3 is 0 Å². The first-order valence-corrected chi connectivity index (χ1v) is 10.7. The van der Waals surface area contributed by atoms with Crippen molar-refractivity contribution in [2.75, 3.05) is 5.32 Å². The summed E-state index contributed by atoms with van der Waals surface area (Å²) in [6.07, 6.45) is 0.943. The van der Waals surface area contributed by atoms with E-state index in [1.165, 1.54) is 0 Å². The van der Waals surface area contributed by atoms with Crippen molar-refractivity contribution in [2.45, 2.75) is 40.5 Å². The van der Waals surface area contributed by atoms with E-state index in [0.29, 0.717) is 17.9 Å². The first kappa shape index (κ1) is 21.1. The van der Waals surface area contributed by atoms with Crippen LogP contribution in [-0.4, -0.2) is 20.5 Å². The van der Waals surface area contributed by atoms with Crippen LogP contribution >= 0.6 is 11.6 Å². The Morgan fingerprint density at radius 2 is 1.77 bits per heavy atom. The third-order valence-corrected chi connectivity index (χ3v) is 5.87. The molecular formula is C25H25ClN4O. The van der Waals surface area contributed by atoms with Crippen LogP contribution in [0.15, 0.2) is 48.5 Å². The van der Waals surface area contributed by atoms with Crippen molar-refractivity contribution in [1.82, 2.24) is 14.6 Å². The van der Waals surface area contributed by atoms with E-state index >= 15 is 0 Å². The summed E-state index contributed by atoms with van der Waals surface area (Å²) in [6.45, 7) is 7.99. The molecule has 2 aromatic carbocycles. The molecule has 5 nitrogen and oxygen atoms in total. The molecule has 0 aliphatic rings. The smallest absolute Gasteiger partial charge is 0.224 e. The van der Waals surface area contributed by atoms with Crippen LogP contribution in [-0.2, 0) is 11.2 Å². The molecule has 158 valence electrons. The third kappa shape index (κ3) is 4.19. The molecule has 0 saturated heterocycles. The molecule has 0 aliphatic heterocycles. The van der Waals surface area contributed by atoms with Gasteiger partial charge in [-0.15, -0.1) is 0 Å². The maximum Gasteiger partial charge on any atom is 0.224 e. The standard InChI is InChI=1S/C25H25ClN4O/c1-15-10-11-20(26)14-22(15)28-23(31)13-12-21-16(2)27-25-24(19-8-6-5-7-9-19)17(3)29-30(25)18(21)4/h5-11,14H,12-13H2,1-4H3,(H,28,31). The molecule has 0 saturated carbocycles. The molecule has 4 rings (SSSR count). The summed E-state index contributed by atoms with van der Waals surface area (Å²) in [5.74, 6) is -0.0501. The fourth-order valence-electron chi connectivity index (χ4n) is 3.95. The molecule has 0 unspecified atom stereocenters. The van der Waals surface area contributed by atoms with Gasteiger partial charge in [0.1, 0.15) is 0 Å². The van der Waals surface area contributed by atoms with E-state index in [4.69, 9.17) is 21.7 Å². The maximum absolute atomic E-state index is 12.6. The van der Waals surface area contributed by atoms with Crippen LogP contribution in [0.3, 0.4) is 0 Å². The van der Waals surface area contributed by atoms with Gasteiger partial charge in [0.05, 0.1) is 5.69 Å². The van der Waals surface area contributed by atoms with E-state index < -0.39 is 0 Å². The number of nitrogens with zero attached hydrogens (tertiary/aromatic N) is 3. The first-order chi connectivity index (χ1) is 14.8. The number of benzene rings is 2. The molecule has 2 aromatic heterocycles. The van der Waals surface area contributed by atoms with Crippen LogP contribution < -0.4 is 5.32 Å². The summed E-state index contributed by atoms with van der Waals surface area (Å²) >= 11 is 6.06. The predicted octanol–water partition coefficient (Wildman–Crippen LogP) is 5.85. The summed E-state index contributed by atoms with van der Waals surface area (Å²) in [4.78, 5) is 17.5. The molecule has 0 bridgehead atoms. The Morgan fingerprint density at radius 1 is 1.03 bits per heavy atom. The molecule has 0 spiro atoms. The number of amides is 1. The van der Waals surface area contributed by atoms with E-state index in [1.807, 2.05) is 62.5 Å². The normalized spacial score (nSPS) is 11.1. The van der Waals surface area contributed by atoms with Gasteiger partial charge in [-0.2, -0.15) is 5.10 Å². The van der Waals surface area contributed by atoms with E-state index in [-0.39, 0.29) is 5.91 Å². The van der Waals surface area contributed by atoms with Crippen molar-refractivity contribution < 1.29 is 4.79 Å². The minimum atomic E-state index is -0.0501. The lowest BCUT2D eigenvalue weighted by Gasteiger charge is -2.12. The Labute approximate surface area is 187 Å². The Kier molecular flexibility index (Phi) is 5.79. The molecule has 0 atom stereocenters. The van der Waals surface area contributed by atoms with Gasteiger partial charge in [0.15, 0.2) is 5.65 Å². The van der Waals surface area contributed by atoms with Crippen LogP contribution in [0.5, 0.6) is 0 Å². The van der Waals surface area contributed by atoms with E-state index in [2.05, 4.69) is 17.4 Å². The number of anilines is 1. The van der Waals surface area contributed by atoms with Crippen molar-refractivity contribution in [3.8, 4) is 11.1 Å². The topological polar surface area (TPSA) is 59.3 Å². The van der Waals surface area contributed by atoms with Crippen LogP contribution in [0.1, 0.15) is 34.6 Å². The fraction of sp³-hybridized carbons (Fsp3) is 0.240. The number of nitrogens with one attached hydrogen (secondary N) is 1. The van der Waals surface area contributed by atoms with Gasteiger partial charge in [0.25, 0.3) is 0 Å². The zero-order chi connectivity index (χ0) is 22.1. The number of fused-ring (bicyclic) bond motifs is 1.